The summed E-state index contributed by atoms with van der Waals surface area (Å²) in [6, 6.07) is 11.5. The number of aromatic hydroxyl groups is 2. The fraction of sp³-hybridized carbons (Fsp3) is 0. The van der Waals surface area contributed by atoms with Crippen LogP contribution in [0.5, 0.6) is 11.5 Å². The average molecular weight is 322 g/mol. The second-order valence-electron chi connectivity index (χ2n) is 5.29. The molecule has 0 bridgehead atoms. The second kappa shape index (κ2) is 4.99. The number of hydrogen-bond donors (Lipinski definition) is 2. The zero-order chi connectivity index (χ0) is 16.8. The molecule has 118 valence electrons. The fourth-order valence-corrected chi connectivity index (χ4v) is 2.69. The van der Waals surface area contributed by atoms with Crippen molar-refractivity contribution in [1.82, 2.24) is 0 Å². The van der Waals surface area contributed by atoms with Crippen LogP contribution in [0.1, 0.15) is 0 Å². The van der Waals surface area contributed by atoms with Gasteiger partial charge in [0.15, 0.2) is 0 Å². The molecule has 2 aromatic heterocycles. The van der Waals surface area contributed by atoms with E-state index in [9.17, 15) is 19.8 Å². The molecule has 2 heterocycles. The van der Waals surface area contributed by atoms with E-state index in [4.69, 9.17) is 8.83 Å². The third kappa shape index (κ3) is 2.13. The molecule has 0 aliphatic carbocycles. The van der Waals surface area contributed by atoms with Gasteiger partial charge in [-0.05, 0) is 30.3 Å². The number of fused-ring (bicyclic) bond motifs is 2. The monoisotopic (exact) mass is 322 g/mol. The zero-order valence-electron chi connectivity index (χ0n) is 12.1. The number of rotatable bonds is 1. The summed E-state index contributed by atoms with van der Waals surface area (Å²) in [5.74, 6) is -0.366. The summed E-state index contributed by atoms with van der Waals surface area (Å²) in [6.45, 7) is 0. The Kier molecular flexibility index (Phi) is 2.93. The van der Waals surface area contributed by atoms with Crippen molar-refractivity contribution in [1.29, 1.82) is 0 Å². The van der Waals surface area contributed by atoms with Crippen molar-refractivity contribution in [3.63, 3.8) is 0 Å². The molecule has 0 amide bonds. The minimum Gasteiger partial charge on any atom is -0.507 e. The van der Waals surface area contributed by atoms with Crippen LogP contribution < -0.4 is 11.3 Å². The molecule has 0 fully saturated rings. The standard InChI is InChI=1S/C18H10O6/c19-12-4-1-9-2-5-16(22)24-18(9)17(12)11-7-10-3-6-15(21)23-14(10)8-13(11)20/h1-8,19-20H. The Morgan fingerprint density at radius 2 is 1.38 bits per heavy atom. The van der Waals surface area contributed by atoms with E-state index in [0.717, 1.165) is 0 Å². The van der Waals surface area contributed by atoms with Gasteiger partial charge in [-0.2, -0.15) is 0 Å². The van der Waals surface area contributed by atoms with Crippen LogP contribution in [0.3, 0.4) is 0 Å². The van der Waals surface area contributed by atoms with E-state index >= 15 is 0 Å². The number of phenolic OH excluding ortho intramolecular Hbond substituents is 2. The summed E-state index contributed by atoms with van der Waals surface area (Å²) in [5.41, 5.74) is -0.279. The van der Waals surface area contributed by atoms with Gasteiger partial charge in [0.25, 0.3) is 0 Å². The van der Waals surface area contributed by atoms with Gasteiger partial charge < -0.3 is 19.0 Å². The molecule has 2 N–H and O–H groups in total. The van der Waals surface area contributed by atoms with Crippen molar-refractivity contribution in [2.24, 2.45) is 0 Å². The molecular formula is C18H10O6. The van der Waals surface area contributed by atoms with Gasteiger partial charge >= 0.3 is 11.3 Å². The third-order valence-corrected chi connectivity index (χ3v) is 3.77. The first-order valence-electron chi connectivity index (χ1n) is 7.06. The summed E-state index contributed by atoms with van der Waals surface area (Å²) in [6.07, 6.45) is 0. The highest BCUT2D eigenvalue weighted by molar-refractivity contribution is 5.99. The number of hydrogen-bond acceptors (Lipinski definition) is 6. The van der Waals surface area contributed by atoms with E-state index in [-0.39, 0.29) is 33.8 Å². The van der Waals surface area contributed by atoms with Crippen LogP contribution in [0.4, 0.5) is 0 Å². The lowest BCUT2D eigenvalue weighted by Crippen LogP contribution is -1.97. The molecule has 6 nitrogen and oxygen atoms in total. The van der Waals surface area contributed by atoms with E-state index in [1.807, 2.05) is 0 Å². The first kappa shape index (κ1) is 14.1. The molecule has 0 radical (unpaired) electrons. The van der Waals surface area contributed by atoms with Gasteiger partial charge in [-0.3, -0.25) is 0 Å². The van der Waals surface area contributed by atoms with Crippen molar-refractivity contribution in [2.75, 3.05) is 0 Å². The van der Waals surface area contributed by atoms with E-state index < -0.39 is 11.3 Å². The fourth-order valence-electron chi connectivity index (χ4n) is 2.69. The molecule has 4 rings (SSSR count). The molecule has 24 heavy (non-hydrogen) atoms. The number of phenols is 2. The summed E-state index contributed by atoms with van der Waals surface area (Å²) >= 11 is 0. The SMILES string of the molecule is O=c1ccc2cc(-c3c(O)ccc4ccc(=O)oc34)c(O)cc2o1. The van der Waals surface area contributed by atoms with E-state index in [0.29, 0.717) is 10.8 Å². The predicted octanol–water partition coefficient (Wildman–Crippen LogP) is 2.98. The van der Waals surface area contributed by atoms with Crippen molar-refractivity contribution >= 4 is 21.9 Å². The van der Waals surface area contributed by atoms with Crippen LogP contribution in [0.25, 0.3) is 33.1 Å². The van der Waals surface area contributed by atoms with Crippen molar-refractivity contribution in [3.8, 4) is 22.6 Å². The third-order valence-electron chi connectivity index (χ3n) is 3.77. The van der Waals surface area contributed by atoms with Gasteiger partial charge in [0.2, 0.25) is 0 Å². The molecule has 6 heteroatoms. The molecule has 0 aliphatic heterocycles. The van der Waals surface area contributed by atoms with E-state index in [1.165, 1.54) is 24.3 Å². The molecule has 0 spiro atoms. The quantitative estimate of drug-likeness (QED) is 0.522. The van der Waals surface area contributed by atoms with E-state index in [2.05, 4.69) is 0 Å². The van der Waals surface area contributed by atoms with Crippen LogP contribution in [0.2, 0.25) is 0 Å². The average Bonchev–Trinajstić information content (AvgIpc) is 2.54. The summed E-state index contributed by atoms with van der Waals surface area (Å²) in [4.78, 5) is 22.8. The Hall–Kier alpha value is -3.54. The molecule has 0 saturated carbocycles. The second-order valence-corrected chi connectivity index (χ2v) is 5.29. The topological polar surface area (TPSA) is 101 Å². The largest absolute Gasteiger partial charge is 0.507 e. The minimum absolute atomic E-state index is 0.149. The highest BCUT2D eigenvalue weighted by Crippen LogP contribution is 2.41. The van der Waals surface area contributed by atoms with Crippen LogP contribution in [0.15, 0.2) is 67.0 Å². The minimum atomic E-state index is -0.569. The molecule has 4 aromatic rings. The van der Waals surface area contributed by atoms with E-state index in [1.54, 1.807) is 24.3 Å². The van der Waals surface area contributed by atoms with Crippen molar-refractivity contribution in [3.05, 3.63) is 69.4 Å². The summed E-state index contributed by atoms with van der Waals surface area (Å²) in [7, 11) is 0. The summed E-state index contributed by atoms with van der Waals surface area (Å²) < 4.78 is 10.2. The highest BCUT2D eigenvalue weighted by atomic mass is 16.4. The van der Waals surface area contributed by atoms with Crippen LogP contribution in [-0.4, -0.2) is 10.2 Å². The molecule has 0 atom stereocenters. The molecule has 0 aliphatic rings. The molecule has 0 unspecified atom stereocenters. The maximum atomic E-state index is 11.6. The van der Waals surface area contributed by atoms with Crippen molar-refractivity contribution in [2.45, 2.75) is 0 Å². The molecular weight excluding hydrogens is 312 g/mol. The zero-order valence-corrected chi connectivity index (χ0v) is 12.1. The number of benzene rings is 2. The first-order chi connectivity index (χ1) is 11.5. The summed E-state index contributed by atoms with van der Waals surface area (Å²) in [5, 5.41) is 21.7. The lowest BCUT2D eigenvalue weighted by atomic mass is 9.99. The van der Waals surface area contributed by atoms with Gasteiger partial charge in [0.05, 0.1) is 5.56 Å². The molecule has 0 saturated heterocycles. The lowest BCUT2D eigenvalue weighted by Gasteiger charge is -2.10. The smallest absolute Gasteiger partial charge is 0.336 e. The molecule has 2 aromatic carbocycles. The van der Waals surface area contributed by atoms with Gasteiger partial charge in [-0.25, -0.2) is 9.59 Å². The first-order valence-corrected chi connectivity index (χ1v) is 7.06. The van der Waals surface area contributed by atoms with Crippen LogP contribution >= 0.6 is 0 Å². The Bertz CT molecular complexity index is 1220. The Labute approximate surface area is 133 Å². The van der Waals surface area contributed by atoms with Crippen LogP contribution in [0, 0.1) is 0 Å². The highest BCUT2D eigenvalue weighted by Gasteiger charge is 2.17. The Balaban J connectivity index is 2.13. The predicted molar refractivity (Wildman–Crippen MR) is 87.3 cm³/mol. The van der Waals surface area contributed by atoms with Crippen molar-refractivity contribution < 1.29 is 19.0 Å². The van der Waals surface area contributed by atoms with Gasteiger partial charge in [0, 0.05) is 34.5 Å². The Morgan fingerprint density at radius 3 is 2.17 bits per heavy atom. The maximum Gasteiger partial charge on any atom is 0.336 e. The van der Waals surface area contributed by atoms with Gasteiger partial charge in [-0.1, -0.05) is 0 Å². The van der Waals surface area contributed by atoms with Crippen LogP contribution in [-0.2, 0) is 0 Å². The normalized spacial score (nSPS) is 11.2. The van der Waals surface area contributed by atoms with Gasteiger partial charge in [0.1, 0.15) is 22.7 Å². The lowest BCUT2D eigenvalue weighted by molar-refractivity contribution is 0.466. The Morgan fingerprint density at radius 1 is 0.708 bits per heavy atom. The van der Waals surface area contributed by atoms with Gasteiger partial charge in [-0.15, -0.1) is 0 Å². The maximum absolute atomic E-state index is 11.6.